The van der Waals surface area contributed by atoms with Gasteiger partial charge in [-0.25, -0.2) is 0 Å². The van der Waals surface area contributed by atoms with Crippen LogP contribution in [0.4, 0.5) is 0 Å². The molecular weight excluding hydrogens is 449 g/mol. The molecule has 1 atom stereocenters. The Kier molecular flexibility index (Phi) is 6.97. The molecule has 0 unspecified atom stereocenters. The Bertz CT molecular complexity index is 1040. The second-order valence-corrected chi connectivity index (χ2v) is 9.82. The van der Waals surface area contributed by atoms with Crippen LogP contribution in [0.1, 0.15) is 28.8 Å². The molecule has 0 aliphatic carbocycles. The summed E-state index contributed by atoms with van der Waals surface area (Å²) in [6.07, 6.45) is 2.07. The van der Waals surface area contributed by atoms with Crippen LogP contribution >= 0.6 is 23.2 Å². The molecule has 6 nitrogen and oxygen atoms in total. The van der Waals surface area contributed by atoms with Gasteiger partial charge < -0.3 is 9.64 Å². The van der Waals surface area contributed by atoms with E-state index in [4.69, 9.17) is 32.1 Å². The van der Waals surface area contributed by atoms with E-state index >= 15 is 0 Å². The minimum Gasteiger partial charge on any atom is -0.496 e. The lowest BCUT2D eigenvalue weighted by Gasteiger charge is -2.30. The van der Waals surface area contributed by atoms with Gasteiger partial charge >= 0.3 is 0 Å². The summed E-state index contributed by atoms with van der Waals surface area (Å²) in [5, 5.41) is 0.843. The molecule has 2 aromatic carbocycles. The number of hydrogen-bond acceptors (Lipinski definition) is 5. The number of likely N-dealkylation sites (tertiary alicyclic amines) is 1. The summed E-state index contributed by atoms with van der Waals surface area (Å²) in [4.78, 5) is 14.9. The van der Waals surface area contributed by atoms with Crippen LogP contribution in [0.15, 0.2) is 42.5 Å². The Labute approximate surface area is 186 Å². The minimum absolute atomic E-state index is 0.00969. The number of amides is 1. The van der Waals surface area contributed by atoms with E-state index in [1.165, 1.54) is 7.11 Å². The van der Waals surface area contributed by atoms with Crippen molar-refractivity contribution in [1.29, 1.82) is 0 Å². The largest absolute Gasteiger partial charge is 0.496 e. The molecule has 0 bridgehead atoms. The Morgan fingerprint density at radius 1 is 1.17 bits per heavy atom. The van der Waals surface area contributed by atoms with Gasteiger partial charge in [0.05, 0.1) is 35.6 Å². The standard InChI is InChI=1S/C21H23Cl2NO5S/c1-28-19-6-4-3-5-16(19)20(25)24-11-9-21(14-24,10-12-29-30(2,26)27)15-7-8-17(22)18(23)13-15/h3-8,13H,9-12,14H2,1-2H3/t21-/m1/s1. The van der Waals surface area contributed by atoms with Crippen LogP contribution in [0.3, 0.4) is 0 Å². The van der Waals surface area contributed by atoms with E-state index in [1.807, 2.05) is 12.1 Å². The average Bonchev–Trinajstić information content (AvgIpc) is 3.14. The summed E-state index contributed by atoms with van der Waals surface area (Å²) in [5.41, 5.74) is 0.873. The van der Waals surface area contributed by atoms with Gasteiger partial charge in [-0.2, -0.15) is 8.42 Å². The van der Waals surface area contributed by atoms with Gasteiger partial charge in [-0.15, -0.1) is 0 Å². The third-order valence-corrected chi connectivity index (χ3v) is 6.72. The van der Waals surface area contributed by atoms with Crippen molar-refractivity contribution in [2.24, 2.45) is 0 Å². The Morgan fingerprint density at radius 3 is 2.57 bits per heavy atom. The van der Waals surface area contributed by atoms with Gasteiger partial charge in [0.1, 0.15) is 5.75 Å². The molecule has 1 aliphatic rings. The predicted octanol–water partition coefficient (Wildman–Crippen LogP) is 4.15. The SMILES string of the molecule is COc1ccccc1C(=O)N1CC[C@](CCOS(C)(=O)=O)(c2ccc(Cl)c(Cl)c2)C1. The Balaban J connectivity index is 1.89. The minimum atomic E-state index is -3.57. The molecular formula is C21H23Cl2NO5S. The van der Waals surface area contributed by atoms with Crippen molar-refractivity contribution < 1.29 is 22.1 Å². The van der Waals surface area contributed by atoms with Crippen molar-refractivity contribution in [3.05, 3.63) is 63.6 Å². The maximum absolute atomic E-state index is 13.2. The fraction of sp³-hybridized carbons (Fsp3) is 0.381. The third kappa shape index (κ3) is 5.09. The van der Waals surface area contributed by atoms with E-state index in [2.05, 4.69) is 0 Å². The zero-order valence-corrected chi connectivity index (χ0v) is 19.1. The molecule has 1 heterocycles. The van der Waals surface area contributed by atoms with Gasteiger partial charge in [0.25, 0.3) is 16.0 Å². The van der Waals surface area contributed by atoms with E-state index in [1.54, 1.807) is 35.2 Å². The van der Waals surface area contributed by atoms with Crippen LogP contribution in [0, 0.1) is 0 Å². The molecule has 0 N–H and O–H groups in total. The quantitative estimate of drug-likeness (QED) is 0.566. The molecule has 1 saturated heterocycles. The first-order valence-corrected chi connectivity index (χ1v) is 11.9. The lowest BCUT2D eigenvalue weighted by atomic mass is 9.77. The summed E-state index contributed by atoms with van der Waals surface area (Å²) in [6.45, 7) is 0.917. The van der Waals surface area contributed by atoms with Crippen molar-refractivity contribution in [2.75, 3.05) is 33.1 Å². The van der Waals surface area contributed by atoms with Crippen LogP contribution in [-0.2, 0) is 19.7 Å². The van der Waals surface area contributed by atoms with E-state index < -0.39 is 15.5 Å². The van der Waals surface area contributed by atoms with Gasteiger partial charge in [0.15, 0.2) is 0 Å². The number of carbonyl (C=O) groups excluding carboxylic acids is 1. The molecule has 0 radical (unpaired) electrons. The number of methoxy groups -OCH3 is 1. The molecule has 1 amide bonds. The summed E-state index contributed by atoms with van der Waals surface area (Å²) in [5.74, 6) is 0.369. The van der Waals surface area contributed by atoms with E-state index in [9.17, 15) is 13.2 Å². The smallest absolute Gasteiger partial charge is 0.264 e. The van der Waals surface area contributed by atoms with Crippen molar-refractivity contribution in [3.63, 3.8) is 0 Å². The highest BCUT2D eigenvalue weighted by molar-refractivity contribution is 7.85. The second-order valence-electron chi connectivity index (χ2n) is 7.36. The number of rotatable bonds is 7. The molecule has 0 saturated carbocycles. The first-order valence-electron chi connectivity index (χ1n) is 9.37. The summed E-state index contributed by atoms with van der Waals surface area (Å²) in [7, 11) is -2.04. The molecule has 2 aromatic rings. The summed E-state index contributed by atoms with van der Waals surface area (Å²) < 4.78 is 33.2. The van der Waals surface area contributed by atoms with Crippen LogP contribution in [0.25, 0.3) is 0 Å². The highest BCUT2D eigenvalue weighted by Gasteiger charge is 2.42. The first-order chi connectivity index (χ1) is 14.1. The van der Waals surface area contributed by atoms with E-state index in [0.29, 0.717) is 47.3 Å². The molecule has 162 valence electrons. The topological polar surface area (TPSA) is 72.9 Å². The maximum Gasteiger partial charge on any atom is 0.264 e. The summed E-state index contributed by atoms with van der Waals surface area (Å²) >= 11 is 12.3. The number of para-hydroxylation sites is 1. The fourth-order valence-electron chi connectivity index (χ4n) is 3.84. The molecule has 3 rings (SSSR count). The molecule has 0 spiro atoms. The number of hydrogen-bond donors (Lipinski definition) is 0. The van der Waals surface area contributed by atoms with Gasteiger partial charge in [-0.05, 0) is 42.7 Å². The monoisotopic (exact) mass is 471 g/mol. The predicted molar refractivity (Wildman–Crippen MR) is 117 cm³/mol. The van der Waals surface area contributed by atoms with Gasteiger partial charge in [0.2, 0.25) is 0 Å². The fourth-order valence-corrected chi connectivity index (χ4v) is 4.52. The van der Waals surface area contributed by atoms with Crippen molar-refractivity contribution in [3.8, 4) is 5.75 Å². The highest BCUT2D eigenvalue weighted by Crippen LogP contribution is 2.41. The van der Waals surface area contributed by atoms with Crippen LogP contribution < -0.4 is 4.74 Å². The lowest BCUT2D eigenvalue weighted by Crippen LogP contribution is -2.35. The maximum atomic E-state index is 13.2. The second kappa shape index (κ2) is 9.14. The van der Waals surface area contributed by atoms with Crippen LogP contribution in [0.5, 0.6) is 5.75 Å². The lowest BCUT2D eigenvalue weighted by molar-refractivity contribution is 0.0777. The molecule has 9 heteroatoms. The van der Waals surface area contributed by atoms with Crippen LogP contribution in [0.2, 0.25) is 10.0 Å². The number of halogens is 2. The zero-order chi connectivity index (χ0) is 21.9. The van der Waals surface area contributed by atoms with E-state index in [-0.39, 0.29) is 12.5 Å². The molecule has 1 fully saturated rings. The average molecular weight is 472 g/mol. The van der Waals surface area contributed by atoms with E-state index in [0.717, 1.165) is 11.8 Å². The van der Waals surface area contributed by atoms with Crippen molar-refractivity contribution in [2.45, 2.75) is 18.3 Å². The van der Waals surface area contributed by atoms with Crippen molar-refractivity contribution in [1.82, 2.24) is 4.90 Å². The normalized spacial score (nSPS) is 19.1. The zero-order valence-electron chi connectivity index (χ0n) is 16.7. The van der Waals surface area contributed by atoms with Gasteiger partial charge in [-0.1, -0.05) is 41.4 Å². The number of benzene rings is 2. The van der Waals surface area contributed by atoms with Crippen molar-refractivity contribution >= 4 is 39.2 Å². The Hall–Kier alpha value is -1.80. The van der Waals surface area contributed by atoms with Gasteiger partial charge in [0, 0.05) is 18.5 Å². The molecule has 30 heavy (non-hydrogen) atoms. The third-order valence-electron chi connectivity index (χ3n) is 5.39. The summed E-state index contributed by atoms with van der Waals surface area (Å²) in [6, 6.07) is 12.4. The molecule has 1 aliphatic heterocycles. The number of nitrogens with zero attached hydrogens (tertiary/aromatic N) is 1. The first kappa shape index (κ1) is 22.9. The molecule has 0 aromatic heterocycles. The number of carbonyl (C=O) groups is 1. The highest BCUT2D eigenvalue weighted by atomic mass is 35.5. The van der Waals surface area contributed by atoms with Crippen LogP contribution in [-0.4, -0.2) is 52.3 Å². The van der Waals surface area contributed by atoms with Gasteiger partial charge in [-0.3, -0.25) is 8.98 Å². The Morgan fingerprint density at radius 2 is 1.90 bits per heavy atom. The number of ether oxygens (including phenoxy) is 1.